The summed E-state index contributed by atoms with van der Waals surface area (Å²) in [6, 6.07) is 5.87. The van der Waals surface area contributed by atoms with Gasteiger partial charge in [0.05, 0.1) is 9.73 Å². The Kier molecular flexibility index (Phi) is 6.19. The predicted molar refractivity (Wildman–Crippen MR) is 120 cm³/mol. The molecule has 1 aliphatic heterocycles. The molecule has 3 aromatic rings. The Morgan fingerprint density at radius 1 is 1.15 bits per heavy atom. The smallest absolute Gasteiger partial charge is 0.274 e. The van der Waals surface area contributed by atoms with Crippen molar-refractivity contribution >= 4 is 37.9 Å². The number of halogens is 4. The van der Waals surface area contributed by atoms with Crippen molar-refractivity contribution in [3.8, 4) is 0 Å². The third-order valence-electron chi connectivity index (χ3n) is 5.49. The molecule has 180 valence electrons. The first kappa shape index (κ1) is 23.9. The number of amides is 1. The lowest BCUT2D eigenvalue weighted by Crippen LogP contribution is -2.28. The molecule has 2 N–H and O–H groups in total. The summed E-state index contributed by atoms with van der Waals surface area (Å²) in [7, 11) is -3.12. The Morgan fingerprint density at radius 2 is 1.88 bits per heavy atom. The molecular formula is C22H21F4N5O2S. The SMILES string of the molecule is CS(=N)(=O)c1cc(NC(=O)c2cc3cc(F)c(F)cc3c(N3CCCC(F)(F)CC3)n2)ccn1. The lowest BCUT2D eigenvalue weighted by molar-refractivity contribution is -0.0102. The summed E-state index contributed by atoms with van der Waals surface area (Å²) >= 11 is 0. The number of hydrogen-bond acceptors (Lipinski definition) is 6. The Labute approximate surface area is 193 Å². The number of aromatic nitrogens is 2. The third kappa shape index (κ3) is 5.11. The fraction of sp³-hybridized carbons (Fsp3) is 0.318. The number of pyridine rings is 2. The number of fused-ring (bicyclic) bond motifs is 1. The molecule has 0 bridgehead atoms. The van der Waals surface area contributed by atoms with Crippen LogP contribution < -0.4 is 10.2 Å². The largest absolute Gasteiger partial charge is 0.356 e. The van der Waals surface area contributed by atoms with Gasteiger partial charge in [-0.1, -0.05) is 0 Å². The number of alkyl halides is 2. The van der Waals surface area contributed by atoms with Gasteiger partial charge >= 0.3 is 0 Å². The fourth-order valence-corrected chi connectivity index (χ4v) is 4.37. The van der Waals surface area contributed by atoms with E-state index in [1.54, 1.807) is 4.90 Å². The quantitative estimate of drug-likeness (QED) is 0.506. The minimum absolute atomic E-state index is 0.0273. The number of nitrogens with zero attached hydrogens (tertiary/aromatic N) is 3. The highest BCUT2D eigenvalue weighted by molar-refractivity contribution is 7.91. The lowest BCUT2D eigenvalue weighted by Gasteiger charge is -2.24. The molecule has 1 aliphatic rings. The maximum atomic E-state index is 14.0. The highest BCUT2D eigenvalue weighted by Crippen LogP contribution is 2.33. The van der Waals surface area contributed by atoms with Crippen LogP contribution in [0.15, 0.2) is 41.6 Å². The van der Waals surface area contributed by atoms with Gasteiger partial charge in [-0.25, -0.2) is 36.5 Å². The molecule has 7 nitrogen and oxygen atoms in total. The number of nitrogens with one attached hydrogen (secondary N) is 2. The minimum Gasteiger partial charge on any atom is -0.356 e. The summed E-state index contributed by atoms with van der Waals surface area (Å²) < 4.78 is 75.4. The average Bonchev–Trinajstić information content (AvgIpc) is 2.94. The summed E-state index contributed by atoms with van der Waals surface area (Å²) in [6.45, 7) is 0.144. The zero-order valence-electron chi connectivity index (χ0n) is 18.1. The maximum absolute atomic E-state index is 14.0. The molecule has 1 fully saturated rings. The summed E-state index contributed by atoms with van der Waals surface area (Å²) in [5, 5.41) is 2.92. The van der Waals surface area contributed by atoms with Crippen molar-refractivity contribution in [3.63, 3.8) is 0 Å². The van der Waals surface area contributed by atoms with Crippen molar-refractivity contribution in [3.05, 3.63) is 53.9 Å². The van der Waals surface area contributed by atoms with Crippen LogP contribution in [-0.2, 0) is 9.73 Å². The molecule has 1 unspecified atom stereocenters. The van der Waals surface area contributed by atoms with Gasteiger partial charge < -0.3 is 10.2 Å². The van der Waals surface area contributed by atoms with Crippen molar-refractivity contribution in [2.45, 2.75) is 30.2 Å². The van der Waals surface area contributed by atoms with Gasteiger partial charge in [-0.2, -0.15) is 0 Å². The molecule has 1 aromatic carbocycles. The molecule has 12 heteroatoms. The topological polar surface area (TPSA) is 99.0 Å². The van der Waals surface area contributed by atoms with Crippen LogP contribution in [0.5, 0.6) is 0 Å². The van der Waals surface area contributed by atoms with Gasteiger partial charge in [0, 0.05) is 49.5 Å². The Morgan fingerprint density at radius 3 is 2.62 bits per heavy atom. The van der Waals surface area contributed by atoms with Crippen LogP contribution >= 0.6 is 0 Å². The second-order valence-corrected chi connectivity index (χ2v) is 10.3. The predicted octanol–water partition coefficient (Wildman–Crippen LogP) is 4.82. The normalized spacial score (nSPS) is 17.7. The second-order valence-electron chi connectivity index (χ2n) is 8.20. The maximum Gasteiger partial charge on any atom is 0.274 e. The van der Waals surface area contributed by atoms with E-state index in [-0.39, 0.29) is 58.9 Å². The standard InChI is InChI=1S/C22H21F4N5O2S/c1-34(27,33)19-11-14(3-6-28-19)29-21(32)18-10-13-9-16(23)17(24)12-15(13)20(30-18)31-7-2-4-22(25,26)5-8-31/h3,6,9-12,27H,2,4-5,7-8H2,1H3,(H,28,29,32). The van der Waals surface area contributed by atoms with Gasteiger partial charge in [0.15, 0.2) is 11.6 Å². The minimum atomic E-state index is -3.12. The average molecular weight is 496 g/mol. The molecule has 1 atom stereocenters. The van der Waals surface area contributed by atoms with E-state index in [0.29, 0.717) is 0 Å². The molecule has 4 rings (SSSR count). The summed E-state index contributed by atoms with van der Waals surface area (Å²) in [6.07, 6.45) is 1.92. The number of carbonyl (C=O) groups is 1. The molecular weight excluding hydrogens is 474 g/mol. The Hall–Kier alpha value is -3.28. The third-order valence-corrected chi connectivity index (χ3v) is 6.52. The lowest BCUT2D eigenvalue weighted by atomic mass is 10.1. The van der Waals surface area contributed by atoms with Gasteiger partial charge in [-0.15, -0.1) is 0 Å². The molecule has 0 radical (unpaired) electrons. The highest BCUT2D eigenvalue weighted by Gasteiger charge is 2.32. The van der Waals surface area contributed by atoms with Crippen LogP contribution in [0.4, 0.5) is 29.1 Å². The van der Waals surface area contributed by atoms with Crippen LogP contribution in [-0.4, -0.2) is 45.4 Å². The molecule has 3 heterocycles. The first-order chi connectivity index (χ1) is 15.9. The van der Waals surface area contributed by atoms with Crippen LogP contribution in [0.3, 0.4) is 0 Å². The van der Waals surface area contributed by atoms with E-state index in [1.807, 2.05) is 0 Å². The van der Waals surface area contributed by atoms with Crippen molar-refractivity contribution in [2.24, 2.45) is 0 Å². The molecule has 1 amide bonds. The summed E-state index contributed by atoms with van der Waals surface area (Å²) in [4.78, 5) is 22.7. The monoisotopic (exact) mass is 495 g/mol. The van der Waals surface area contributed by atoms with Crippen LogP contribution in [0.2, 0.25) is 0 Å². The van der Waals surface area contributed by atoms with Gasteiger partial charge in [0.1, 0.15) is 16.5 Å². The van der Waals surface area contributed by atoms with Crippen LogP contribution in [0, 0.1) is 16.4 Å². The van der Waals surface area contributed by atoms with E-state index in [1.165, 1.54) is 30.7 Å². The molecule has 2 aromatic heterocycles. The van der Waals surface area contributed by atoms with E-state index >= 15 is 0 Å². The second kappa shape index (κ2) is 8.82. The van der Waals surface area contributed by atoms with Crippen molar-refractivity contribution < 1.29 is 26.6 Å². The zero-order valence-corrected chi connectivity index (χ0v) is 18.9. The van der Waals surface area contributed by atoms with Gasteiger partial charge in [-0.3, -0.25) is 4.79 Å². The first-order valence-electron chi connectivity index (χ1n) is 10.4. The van der Waals surface area contributed by atoms with E-state index in [0.717, 1.165) is 12.1 Å². The number of anilines is 2. The van der Waals surface area contributed by atoms with Gasteiger partial charge in [0.2, 0.25) is 5.92 Å². The number of rotatable bonds is 4. The van der Waals surface area contributed by atoms with E-state index in [4.69, 9.17) is 4.78 Å². The Balaban J connectivity index is 1.75. The number of carbonyl (C=O) groups excluding carboxylic acids is 1. The number of hydrogen-bond donors (Lipinski definition) is 2. The van der Waals surface area contributed by atoms with Gasteiger partial charge in [-0.05, 0) is 42.1 Å². The van der Waals surface area contributed by atoms with E-state index in [9.17, 15) is 26.6 Å². The van der Waals surface area contributed by atoms with Gasteiger partial charge in [0.25, 0.3) is 5.91 Å². The van der Waals surface area contributed by atoms with Crippen molar-refractivity contribution in [2.75, 3.05) is 29.6 Å². The summed E-state index contributed by atoms with van der Waals surface area (Å²) in [5.41, 5.74) is 0.0611. The van der Waals surface area contributed by atoms with Crippen molar-refractivity contribution in [1.82, 2.24) is 9.97 Å². The van der Waals surface area contributed by atoms with Crippen molar-refractivity contribution in [1.29, 1.82) is 4.78 Å². The first-order valence-corrected chi connectivity index (χ1v) is 12.3. The molecule has 0 aliphatic carbocycles. The molecule has 0 spiro atoms. The zero-order chi connectivity index (χ0) is 24.7. The molecule has 0 saturated carbocycles. The van der Waals surface area contributed by atoms with E-state index < -0.39 is 39.6 Å². The Bertz CT molecular complexity index is 1380. The number of benzene rings is 1. The van der Waals surface area contributed by atoms with Crippen LogP contribution in [0.1, 0.15) is 29.8 Å². The van der Waals surface area contributed by atoms with Crippen LogP contribution in [0.25, 0.3) is 10.8 Å². The molecule has 1 saturated heterocycles. The highest BCUT2D eigenvalue weighted by atomic mass is 32.2. The summed E-state index contributed by atoms with van der Waals surface area (Å²) in [5.74, 6) is -5.68. The van der Waals surface area contributed by atoms with E-state index in [2.05, 4.69) is 15.3 Å². The fourth-order valence-electron chi connectivity index (χ4n) is 3.76. The molecule has 34 heavy (non-hydrogen) atoms.